The van der Waals surface area contributed by atoms with Gasteiger partial charge in [-0.3, -0.25) is 0 Å². The van der Waals surface area contributed by atoms with Crippen molar-refractivity contribution in [3.8, 4) is 0 Å². The Labute approximate surface area is 80.1 Å². The molecule has 1 heterocycles. The van der Waals surface area contributed by atoms with E-state index in [-0.39, 0.29) is 5.41 Å². The van der Waals surface area contributed by atoms with E-state index in [1.165, 1.54) is 5.56 Å². The van der Waals surface area contributed by atoms with Crippen molar-refractivity contribution in [2.45, 2.75) is 39.5 Å². The van der Waals surface area contributed by atoms with Gasteiger partial charge in [0.2, 0.25) is 0 Å². The molecule has 13 heavy (non-hydrogen) atoms. The molecule has 1 rings (SSSR count). The van der Waals surface area contributed by atoms with Gasteiger partial charge in [-0.05, 0) is 43.9 Å². The Morgan fingerprint density at radius 3 is 2.38 bits per heavy atom. The lowest BCUT2D eigenvalue weighted by Crippen LogP contribution is -2.21. The summed E-state index contributed by atoms with van der Waals surface area (Å²) in [5, 5.41) is 0. The summed E-state index contributed by atoms with van der Waals surface area (Å²) in [6, 6.07) is 2.12. The molecule has 0 aliphatic rings. The van der Waals surface area contributed by atoms with E-state index in [0.29, 0.717) is 0 Å². The fourth-order valence-corrected chi connectivity index (χ4v) is 1.80. The van der Waals surface area contributed by atoms with Gasteiger partial charge in [-0.15, -0.1) is 0 Å². The number of hydrogen-bond donors (Lipinski definition) is 1. The zero-order valence-corrected chi connectivity index (χ0v) is 8.98. The summed E-state index contributed by atoms with van der Waals surface area (Å²) >= 11 is 0. The second kappa shape index (κ2) is 3.54. The molecule has 1 aromatic rings. The minimum absolute atomic E-state index is 0.136. The van der Waals surface area contributed by atoms with Gasteiger partial charge in [0, 0.05) is 0 Å². The van der Waals surface area contributed by atoms with E-state index in [0.717, 1.165) is 24.5 Å². The quantitative estimate of drug-likeness (QED) is 0.778. The molecule has 0 atom stereocenters. The Morgan fingerprint density at radius 1 is 1.38 bits per heavy atom. The maximum atomic E-state index is 5.58. The maximum absolute atomic E-state index is 5.58. The predicted molar refractivity (Wildman–Crippen MR) is 54.9 cm³/mol. The van der Waals surface area contributed by atoms with Crippen LogP contribution in [0.5, 0.6) is 0 Å². The van der Waals surface area contributed by atoms with E-state index in [4.69, 9.17) is 10.2 Å². The summed E-state index contributed by atoms with van der Waals surface area (Å²) in [7, 11) is 0. The van der Waals surface area contributed by atoms with Gasteiger partial charge >= 0.3 is 0 Å². The van der Waals surface area contributed by atoms with Gasteiger partial charge in [-0.2, -0.15) is 0 Å². The first-order valence-electron chi connectivity index (χ1n) is 4.75. The fraction of sp³-hybridized carbons (Fsp3) is 0.636. The monoisotopic (exact) mass is 181 g/mol. The summed E-state index contributed by atoms with van der Waals surface area (Å²) in [6.07, 6.45) is 0.993. The van der Waals surface area contributed by atoms with E-state index in [1.54, 1.807) is 0 Å². The molecule has 0 amide bonds. The highest BCUT2D eigenvalue weighted by atomic mass is 16.3. The molecule has 0 bridgehead atoms. The summed E-state index contributed by atoms with van der Waals surface area (Å²) in [4.78, 5) is 0. The average Bonchev–Trinajstić information content (AvgIpc) is 2.30. The van der Waals surface area contributed by atoms with Crippen LogP contribution in [0.15, 0.2) is 10.5 Å². The molecule has 0 aliphatic heterocycles. The molecule has 0 spiro atoms. The molecule has 0 fully saturated rings. The first-order valence-corrected chi connectivity index (χ1v) is 4.75. The third-order valence-electron chi connectivity index (χ3n) is 2.54. The van der Waals surface area contributed by atoms with Crippen LogP contribution in [0.3, 0.4) is 0 Å². The minimum atomic E-state index is 0.136. The molecule has 0 aromatic carbocycles. The second-order valence-corrected chi connectivity index (χ2v) is 4.25. The Bertz CT molecular complexity index is 286. The van der Waals surface area contributed by atoms with Gasteiger partial charge < -0.3 is 10.2 Å². The molecule has 0 saturated heterocycles. The third kappa shape index (κ3) is 2.13. The normalized spacial score (nSPS) is 12.1. The van der Waals surface area contributed by atoms with Crippen molar-refractivity contribution in [3.63, 3.8) is 0 Å². The van der Waals surface area contributed by atoms with Crippen LogP contribution in [-0.4, -0.2) is 6.54 Å². The van der Waals surface area contributed by atoms with Gasteiger partial charge in [-0.25, -0.2) is 0 Å². The lowest BCUT2D eigenvalue weighted by molar-refractivity contribution is 0.455. The van der Waals surface area contributed by atoms with Gasteiger partial charge in [0.15, 0.2) is 0 Å². The van der Waals surface area contributed by atoms with E-state index in [2.05, 4.69) is 19.9 Å². The van der Waals surface area contributed by atoms with Crippen molar-refractivity contribution in [1.29, 1.82) is 0 Å². The van der Waals surface area contributed by atoms with Crippen LogP contribution in [-0.2, 0) is 5.41 Å². The molecular formula is C11H19NO. The van der Waals surface area contributed by atoms with E-state index >= 15 is 0 Å². The summed E-state index contributed by atoms with van der Waals surface area (Å²) in [5.41, 5.74) is 7.00. The zero-order chi connectivity index (χ0) is 10.1. The summed E-state index contributed by atoms with van der Waals surface area (Å²) < 4.78 is 5.51. The van der Waals surface area contributed by atoms with Crippen LogP contribution >= 0.6 is 0 Å². The van der Waals surface area contributed by atoms with E-state index in [9.17, 15) is 0 Å². The number of aryl methyl sites for hydroxylation is 2. The highest BCUT2D eigenvalue weighted by Gasteiger charge is 2.23. The first kappa shape index (κ1) is 10.3. The molecule has 0 unspecified atom stereocenters. The highest BCUT2D eigenvalue weighted by Crippen LogP contribution is 2.31. The Balaban J connectivity index is 2.98. The van der Waals surface area contributed by atoms with Crippen molar-refractivity contribution in [2.75, 3.05) is 6.54 Å². The van der Waals surface area contributed by atoms with Gasteiger partial charge in [0.05, 0.1) is 0 Å². The standard InChI is InChI=1S/C11H19NO/c1-8-7-10(9(2)13-8)11(3,4)5-6-12/h7H,5-6,12H2,1-4H3. The van der Waals surface area contributed by atoms with Crippen molar-refractivity contribution >= 4 is 0 Å². The highest BCUT2D eigenvalue weighted by molar-refractivity contribution is 5.28. The van der Waals surface area contributed by atoms with E-state index in [1.807, 2.05) is 13.8 Å². The molecule has 1 aromatic heterocycles. The first-order chi connectivity index (χ1) is 5.97. The smallest absolute Gasteiger partial charge is 0.104 e. The topological polar surface area (TPSA) is 39.2 Å². The predicted octanol–water partition coefficient (Wildman–Crippen LogP) is 2.52. The van der Waals surface area contributed by atoms with Gasteiger partial charge in [0.1, 0.15) is 11.5 Å². The summed E-state index contributed by atoms with van der Waals surface area (Å²) in [5.74, 6) is 2.01. The lowest BCUT2D eigenvalue weighted by atomic mass is 9.81. The van der Waals surface area contributed by atoms with Crippen molar-refractivity contribution < 1.29 is 4.42 Å². The SMILES string of the molecule is Cc1cc(C(C)(C)CCN)c(C)o1. The number of hydrogen-bond acceptors (Lipinski definition) is 2. The van der Waals surface area contributed by atoms with Crippen LogP contribution < -0.4 is 5.73 Å². The number of nitrogens with two attached hydrogens (primary N) is 1. The molecule has 0 radical (unpaired) electrons. The van der Waals surface area contributed by atoms with Crippen LogP contribution in [0.4, 0.5) is 0 Å². The van der Waals surface area contributed by atoms with Crippen molar-refractivity contribution in [3.05, 3.63) is 23.2 Å². The molecule has 0 saturated carbocycles. The molecule has 2 N–H and O–H groups in total. The number of furan rings is 1. The summed E-state index contributed by atoms with van der Waals surface area (Å²) in [6.45, 7) is 9.13. The van der Waals surface area contributed by atoms with Crippen LogP contribution in [0.2, 0.25) is 0 Å². The minimum Gasteiger partial charge on any atom is -0.466 e. The van der Waals surface area contributed by atoms with E-state index < -0.39 is 0 Å². The zero-order valence-electron chi connectivity index (χ0n) is 8.98. The average molecular weight is 181 g/mol. The van der Waals surface area contributed by atoms with Crippen LogP contribution in [0.1, 0.15) is 37.4 Å². The molecule has 74 valence electrons. The van der Waals surface area contributed by atoms with Gasteiger partial charge in [0.25, 0.3) is 0 Å². The Hall–Kier alpha value is -0.760. The Morgan fingerprint density at radius 2 is 2.00 bits per heavy atom. The van der Waals surface area contributed by atoms with Crippen molar-refractivity contribution in [2.24, 2.45) is 5.73 Å². The third-order valence-corrected chi connectivity index (χ3v) is 2.54. The number of rotatable bonds is 3. The van der Waals surface area contributed by atoms with Gasteiger partial charge in [-0.1, -0.05) is 13.8 Å². The second-order valence-electron chi connectivity index (χ2n) is 4.25. The molecular weight excluding hydrogens is 162 g/mol. The largest absolute Gasteiger partial charge is 0.466 e. The van der Waals surface area contributed by atoms with Crippen LogP contribution in [0.25, 0.3) is 0 Å². The molecule has 0 aliphatic carbocycles. The van der Waals surface area contributed by atoms with Crippen molar-refractivity contribution in [1.82, 2.24) is 0 Å². The maximum Gasteiger partial charge on any atom is 0.104 e. The molecule has 2 heteroatoms. The van der Waals surface area contributed by atoms with Crippen LogP contribution in [0, 0.1) is 13.8 Å². The Kier molecular flexibility index (Phi) is 2.81. The molecule has 2 nitrogen and oxygen atoms in total. The fourth-order valence-electron chi connectivity index (χ4n) is 1.80. The lowest BCUT2D eigenvalue weighted by Gasteiger charge is -2.23.